The monoisotopic (exact) mass is 312 g/mol. The van der Waals surface area contributed by atoms with E-state index in [0.29, 0.717) is 11.7 Å². The molecule has 7 nitrogen and oxygen atoms in total. The van der Waals surface area contributed by atoms with Gasteiger partial charge in [-0.15, -0.1) is 10.2 Å². The van der Waals surface area contributed by atoms with Crippen LogP contribution in [0.1, 0.15) is 43.5 Å². The van der Waals surface area contributed by atoms with E-state index in [2.05, 4.69) is 20.8 Å². The molecule has 1 aromatic heterocycles. The van der Waals surface area contributed by atoms with Gasteiger partial charge in [0.05, 0.1) is 6.42 Å². The van der Waals surface area contributed by atoms with Crippen molar-refractivity contribution in [2.45, 2.75) is 45.4 Å². The molecule has 1 aliphatic rings. The van der Waals surface area contributed by atoms with Gasteiger partial charge < -0.3 is 10.4 Å². The molecule has 3 N–H and O–H groups in total. The van der Waals surface area contributed by atoms with Crippen molar-refractivity contribution in [1.29, 1.82) is 0 Å². The highest BCUT2D eigenvalue weighted by molar-refractivity contribution is 7.15. The van der Waals surface area contributed by atoms with E-state index in [1.54, 1.807) is 0 Å². The van der Waals surface area contributed by atoms with Gasteiger partial charge in [-0.25, -0.2) is 4.79 Å². The quantitative estimate of drug-likeness (QED) is 0.774. The fourth-order valence-electron chi connectivity index (χ4n) is 2.79. The first-order chi connectivity index (χ1) is 9.99. The second-order valence-electron chi connectivity index (χ2n) is 5.57. The van der Waals surface area contributed by atoms with Gasteiger partial charge in [0.25, 0.3) is 0 Å². The number of aliphatic carboxylic acids is 1. The van der Waals surface area contributed by atoms with E-state index in [-0.39, 0.29) is 17.9 Å². The first-order valence-electron chi connectivity index (χ1n) is 7.06. The number of hydrogen-bond acceptors (Lipinski definition) is 5. The Balaban J connectivity index is 1.88. The number of nitrogens with zero attached hydrogens (tertiary/aromatic N) is 2. The van der Waals surface area contributed by atoms with E-state index in [1.165, 1.54) is 11.3 Å². The van der Waals surface area contributed by atoms with Crippen LogP contribution in [0.4, 0.5) is 9.93 Å². The summed E-state index contributed by atoms with van der Waals surface area (Å²) >= 11 is 1.30. The van der Waals surface area contributed by atoms with E-state index in [9.17, 15) is 9.59 Å². The molecule has 0 spiro atoms. The fraction of sp³-hybridized carbons (Fsp3) is 0.692. The van der Waals surface area contributed by atoms with Crippen LogP contribution in [-0.2, 0) is 4.79 Å². The number of carboxylic acids is 1. The van der Waals surface area contributed by atoms with Gasteiger partial charge in [0.2, 0.25) is 5.13 Å². The second-order valence-corrected chi connectivity index (χ2v) is 6.75. The van der Waals surface area contributed by atoms with Gasteiger partial charge in [0.1, 0.15) is 5.01 Å². The molecule has 2 rings (SSSR count). The van der Waals surface area contributed by atoms with Crippen molar-refractivity contribution in [3.8, 4) is 0 Å². The van der Waals surface area contributed by atoms with Crippen molar-refractivity contribution < 1.29 is 14.7 Å². The maximum absolute atomic E-state index is 11.9. The molecule has 21 heavy (non-hydrogen) atoms. The molecule has 0 radical (unpaired) electrons. The lowest BCUT2D eigenvalue weighted by Gasteiger charge is -2.36. The lowest BCUT2D eigenvalue weighted by atomic mass is 9.72. The van der Waals surface area contributed by atoms with E-state index in [0.717, 1.165) is 37.1 Å². The summed E-state index contributed by atoms with van der Waals surface area (Å²) in [5, 5.41) is 23.4. The number of aromatic nitrogens is 2. The van der Waals surface area contributed by atoms with Crippen LogP contribution < -0.4 is 10.6 Å². The van der Waals surface area contributed by atoms with Crippen molar-refractivity contribution in [3.05, 3.63) is 5.01 Å². The third-order valence-corrected chi connectivity index (χ3v) is 4.57. The molecule has 1 aromatic rings. The number of anilines is 1. The van der Waals surface area contributed by atoms with Gasteiger partial charge >= 0.3 is 12.0 Å². The summed E-state index contributed by atoms with van der Waals surface area (Å²) in [5.41, 5.74) is -0.321. The molecule has 0 unspecified atom stereocenters. The van der Waals surface area contributed by atoms with Crippen molar-refractivity contribution >= 4 is 28.5 Å². The highest BCUT2D eigenvalue weighted by Gasteiger charge is 2.34. The summed E-state index contributed by atoms with van der Waals surface area (Å²) in [6, 6.07) is -0.360. The SMILES string of the molecule is Cc1nnc(NC(=O)NCC2(CC(=O)O)CCCCC2)s1. The Morgan fingerprint density at radius 3 is 2.57 bits per heavy atom. The molecule has 2 amide bonds. The van der Waals surface area contributed by atoms with Gasteiger partial charge in [-0.05, 0) is 25.2 Å². The van der Waals surface area contributed by atoms with Crippen molar-refractivity contribution in [3.63, 3.8) is 0 Å². The zero-order valence-corrected chi connectivity index (χ0v) is 12.8. The van der Waals surface area contributed by atoms with Gasteiger partial charge in [0.15, 0.2) is 0 Å². The minimum absolute atomic E-state index is 0.102. The number of hydrogen-bond donors (Lipinski definition) is 3. The lowest BCUT2D eigenvalue weighted by molar-refractivity contribution is -0.140. The maximum atomic E-state index is 11.9. The summed E-state index contributed by atoms with van der Waals surface area (Å²) in [4.78, 5) is 22.9. The molecule has 0 saturated heterocycles. The molecule has 0 aliphatic heterocycles. The Labute approximate surface area is 127 Å². The standard InChI is InChI=1S/C13H20N4O3S/c1-9-16-17-12(21-9)15-11(20)14-8-13(7-10(18)19)5-3-2-4-6-13/h2-8H2,1H3,(H,18,19)(H2,14,15,17,20). The van der Waals surface area contributed by atoms with Crippen molar-refractivity contribution in [2.24, 2.45) is 5.41 Å². The number of carbonyl (C=O) groups is 2. The largest absolute Gasteiger partial charge is 0.481 e. The summed E-state index contributed by atoms with van der Waals surface area (Å²) in [6.45, 7) is 2.19. The van der Waals surface area contributed by atoms with E-state index in [4.69, 9.17) is 5.11 Å². The smallest absolute Gasteiger partial charge is 0.321 e. The summed E-state index contributed by atoms with van der Waals surface area (Å²) < 4.78 is 0. The topological polar surface area (TPSA) is 104 Å². The predicted octanol–water partition coefficient (Wildman–Crippen LogP) is 2.39. The number of nitrogens with one attached hydrogen (secondary N) is 2. The summed E-state index contributed by atoms with van der Waals surface area (Å²) in [6.07, 6.45) is 4.97. The molecule has 0 aromatic carbocycles. The molecule has 1 saturated carbocycles. The summed E-state index contributed by atoms with van der Waals surface area (Å²) in [7, 11) is 0. The van der Waals surface area contributed by atoms with Crippen LogP contribution in [0.3, 0.4) is 0 Å². The molecule has 0 atom stereocenters. The first-order valence-corrected chi connectivity index (χ1v) is 7.88. The molecule has 1 fully saturated rings. The Hall–Kier alpha value is -1.70. The fourth-order valence-corrected chi connectivity index (χ4v) is 3.38. The van der Waals surface area contributed by atoms with Crippen molar-refractivity contribution in [1.82, 2.24) is 15.5 Å². The molecule has 8 heteroatoms. The number of carboxylic acid groups (broad SMARTS) is 1. The Morgan fingerprint density at radius 2 is 2.00 bits per heavy atom. The van der Waals surface area contributed by atoms with Crippen LogP contribution in [0.15, 0.2) is 0 Å². The van der Waals surface area contributed by atoms with Crippen molar-refractivity contribution in [2.75, 3.05) is 11.9 Å². The highest BCUT2D eigenvalue weighted by atomic mass is 32.1. The Kier molecular flexibility index (Phi) is 5.11. The van der Waals surface area contributed by atoms with E-state index >= 15 is 0 Å². The molecule has 1 heterocycles. The van der Waals surface area contributed by atoms with Crippen LogP contribution in [0, 0.1) is 12.3 Å². The number of amides is 2. The molecule has 116 valence electrons. The third-order valence-electron chi connectivity index (χ3n) is 3.81. The van der Waals surface area contributed by atoms with Gasteiger partial charge in [-0.1, -0.05) is 30.6 Å². The predicted molar refractivity (Wildman–Crippen MR) is 79.4 cm³/mol. The third kappa shape index (κ3) is 4.66. The van der Waals surface area contributed by atoms with Crippen LogP contribution in [0.25, 0.3) is 0 Å². The zero-order chi connectivity index (χ0) is 15.3. The van der Waals surface area contributed by atoms with Gasteiger partial charge in [0, 0.05) is 6.54 Å². The van der Waals surface area contributed by atoms with Crippen LogP contribution in [0.5, 0.6) is 0 Å². The number of rotatable bonds is 5. The second kappa shape index (κ2) is 6.84. The molecular weight excluding hydrogens is 292 g/mol. The Bertz CT molecular complexity index is 511. The maximum Gasteiger partial charge on any atom is 0.321 e. The highest BCUT2D eigenvalue weighted by Crippen LogP contribution is 2.38. The number of urea groups is 1. The molecular formula is C13H20N4O3S. The van der Waals surface area contributed by atoms with Gasteiger partial charge in [-0.3, -0.25) is 10.1 Å². The minimum atomic E-state index is -0.807. The minimum Gasteiger partial charge on any atom is -0.481 e. The van der Waals surface area contributed by atoms with Crippen LogP contribution in [-0.4, -0.2) is 33.8 Å². The average molecular weight is 312 g/mol. The van der Waals surface area contributed by atoms with Crippen LogP contribution >= 0.6 is 11.3 Å². The number of aryl methyl sites for hydroxylation is 1. The van der Waals surface area contributed by atoms with Crippen LogP contribution in [0.2, 0.25) is 0 Å². The van der Waals surface area contributed by atoms with E-state index < -0.39 is 5.97 Å². The van der Waals surface area contributed by atoms with E-state index in [1.807, 2.05) is 6.92 Å². The average Bonchev–Trinajstić information content (AvgIpc) is 2.82. The zero-order valence-electron chi connectivity index (χ0n) is 12.0. The number of carbonyl (C=O) groups excluding carboxylic acids is 1. The summed E-state index contributed by atoms with van der Waals surface area (Å²) in [5.74, 6) is -0.807. The Morgan fingerprint density at radius 1 is 1.29 bits per heavy atom. The molecule has 1 aliphatic carbocycles. The first kappa shape index (κ1) is 15.7. The lowest BCUT2D eigenvalue weighted by Crippen LogP contribution is -2.42. The van der Waals surface area contributed by atoms with Gasteiger partial charge in [-0.2, -0.15) is 0 Å². The molecule has 0 bridgehead atoms. The normalized spacial score (nSPS) is 17.2.